The van der Waals surface area contributed by atoms with Crippen LogP contribution in [0.3, 0.4) is 0 Å². The largest absolute Gasteiger partial charge is 0.323 e. The summed E-state index contributed by atoms with van der Waals surface area (Å²) in [4.78, 5) is 37.8. The average Bonchev–Trinajstić information content (AvgIpc) is 3.06. The third-order valence-corrected chi connectivity index (χ3v) is 5.85. The molecule has 0 unspecified atom stereocenters. The van der Waals surface area contributed by atoms with Crippen LogP contribution in [0.2, 0.25) is 5.02 Å². The van der Waals surface area contributed by atoms with Gasteiger partial charge in [0.2, 0.25) is 5.91 Å². The third kappa shape index (κ3) is 4.40. The summed E-state index contributed by atoms with van der Waals surface area (Å²) in [6.07, 6.45) is 2.50. The van der Waals surface area contributed by atoms with Gasteiger partial charge in [-0.1, -0.05) is 30.7 Å². The van der Waals surface area contributed by atoms with E-state index in [4.69, 9.17) is 17.3 Å². The molecular formula is C19H21ClN4O3S. The molecule has 0 bridgehead atoms. The van der Waals surface area contributed by atoms with E-state index >= 15 is 0 Å². The van der Waals surface area contributed by atoms with Gasteiger partial charge in [0.25, 0.3) is 11.5 Å². The molecule has 0 fully saturated rings. The number of hydrazine groups is 1. The fourth-order valence-corrected chi connectivity index (χ4v) is 4.29. The van der Waals surface area contributed by atoms with Crippen LogP contribution in [-0.2, 0) is 11.3 Å². The number of fused-ring (bicyclic) bond motifs is 1. The van der Waals surface area contributed by atoms with Crippen molar-refractivity contribution in [3.05, 3.63) is 62.5 Å². The number of halogens is 1. The topological polar surface area (TPSA) is 106 Å². The van der Waals surface area contributed by atoms with Crippen LogP contribution in [-0.4, -0.2) is 22.1 Å². The van der Waals surface area contributed by atoms with Crippen LogP contribution >= 0.6 is 23.4 Å². The Labute approximate surface area is 171 Å². The number of carbonyl (C=O) groups is 2. The molecule has 0 spiro atoms. The summed E-state index contributed by atoms with van der Waals surface area (Å²) >= 11 is 7.29. The maximum Gasteiger partial charge on any atom is 0.272 e. The lowest BCUT2D eigenvalue weighted by molar-refractivity contribution is -0.121. The van der Waals surface area contributed by atoms with Crippen molar-refractivity contribution < 1.29 is 9.59 Å². The first-order valence-corrected chi connectivity index (χ1v) is 10.3. The van der Waals surface area contributed by atoms with Gasteiger partial charge in [-0.3, -0.25) is 25.2 Å². The predicted molar refractivity (Wildman–Crippen MR) is 109 cm³/mol. The zero-order valence-corrected chi connectivity index (χ0v) is 16.9. The van der Waals surface area contributed by atoms with Crippen LogP contribution in [0.4, 0.5) is 0 Å². The van der Waals surface area contributed by atoms with Crippen LogP contribution in [0.15, 0.2) is 40.2 Å². The van der Waals surface area contributed by atoms with Crippen LogP contribution in [0, 0.1) is 0 Å². The standard InChI is InChI=1S/C19H21ClN4O3S/c1-2-3-15(25)22-23-18(26)13-9-24(8-11-4-6-12(20)7-5-11)19(27)16-14(21)10-28-17(13)16/h4-7,9,14H,2-3,8,10,21H2,1H3,(H,22,25)(H,23,26)/t14-/m0/s1. The summed E-state index contributed by atoms with van der Waals surface area (Å²) in [5.74, 6) is -0.226. The fraction of sp³-hybridized carbons (Fsp3) is 0.316. The van der Waals surface area contributed by atoms with Gasteiger partial charge >= 0.3 is 0 Å². The van der Waals surface area contributed by atoms with Crippen LogP contribution in [0.25, 0.3) is 0 Å². The number of carbonyl (C=O) groups excluding carboxylic acids is 2. The minimum absolute atomic E-state index is 0.214. The predicted octanol–water partition coefficient (Wildman–Crippen LogP) is 2.22. The minimum Gasteiger partial charge on any atom is -0.323 e. The van der Waals surface area contributed by atoms with Crippen molar-refractivity contribution in [1.82, 2.24) is 15.4 Å². The van der Waals surface area contributed by atoms with E-state index in [0.29, 0.717) is 39.6 Å². The van der Waals surface area contributed by atoms with E-state index in [1.165, 1.54) is 22.5 Å². The zero-order chi connectivity index (χ0) is 20.3. The van der Waals surface area contributed by atoms with Gasteiger partial charge in [0.05, 0.1) is 12.1 Å². The zero-order valence-electron chi connectivity index (χ0n) is 15.3. The number of aromatic nitrogens is 1. The first-order valence-electron chi connectivity index (χ1n) is 8.90. The Morgan fingerprint density at radius 3 is 2.68 bits per heavy atom. The van der Waals surface area contributed by atoms with Crippen LogP contribution in [0.1, 0.15) is 47.3 Å². The van der Waals surface area contributed by atoms with E-state index in [1.807, 2.05) is 19.1 Å². The molecule has 1 aromatic heterocycles. The van der Waals surface area contributed by atoms with Crippen molar-refractivity contribution in [2.75, 3.05) is 5.75 Å². The van der Waals surface area contributed by atoms with E-state index in [-0.39, 0.29) is 18.0 Å². The summed E-state index contributed by atoms with van der Waals surface area (Å²) in [7, 11) is 0. The third-order valence-electron chi connectivity index (χ3n) is 4.35. The second kappa shape index (κ2) is 8.81. The molecule has 1 atom stereocenters. The molecule has 0 aliphatic carbocycles. The molecule has 28 heavy (non-hydrogen) atoms. The molecule has 148 valence electrons. The lowest BCUT2D eigenvalue weighted by atomic mass is 10.1. The Morgan fingerprint density at radius 1 is 1.29 bits per heavy atom. The van der Waals surface area contributed by atoms with Crippen molar-refractivity contribution in [3.63, 3.8) is 0 Å². The molecule has 2 heterocycles. The van der Waals surface area contributed by atoms with Gasteiger partial charge < -0.3 is 10.3 Å². The van der Waals surface area contributed by atoms with Gasteiger partial charge in [-0.25, -0.2) is 0 Å². The Kier molecular flexibility index (Phi) is 6.43. The summed E-state index contributed by atoms with van der Waals surface area (Å²) in [6.45, 7) is 2.15. The molecule has 1 aromatic carbocycles. The monoisotopic (exact) mass is 420 g/mol. The Bertz CT molecular complexity index is 959. The quantitative estimate of drug-likeness (QED) is 0.643. The van der Waals surface area contributed by atoms with E-state index in [1.54, 1.807) is 12.1 Å². The molecule has 4 N–H and O–H groups in total. The molecule has 2 amide bonds. The smallest absolute Gasteiger partial charge is 0.272 e. The number of amides is 2. The SMILES string of the molecule is CCCC(=O)NNC(=O)c1cn(Cc2ccc(Cl)cc2)c(=O)c2c1SC[C@@H]2N. The average molecular weight is 421 g/mol. The van der Waals surface area contributed by atoms with E-state index in [9.17, 15) is 14.4 Å². The van der Waals surface area contributed by atoms with Crippen molar-refractivity contribution in [3.8, 4) is 0 Å². The van der Waals surface area contributed by atoms with Gasteiger partial charge in [-0.2, -0.15) is 0 Å². The molecule has 1 aliphatic heterocycles. The van der Waals surface area contributed by atoms with Crippen molar-refractivity contribution in [2.24, 2.45) is 5.73 Å². The van der Waals surface area contributed by atoms with Crippen molar-refractivity contribution in [1.29, 1.82) is 0 Å². The summed E-state index contributed by atoms with van der Waals surface area (Å²) in [5.41, 5.74) is 12.3. The molecule has 7 nitrogen and oxygen atoms in total. The number of rotatable bonds is 5. The van der Waals surface area contributed by atoms with Gasteiger partial charge in [-0.15, -0.1) is 11.8 Å². The first-order chi connectivity index (χ1) is 13.4. The number of hydrogen-bond donors (Lipinski definition) is 3. The highest BCUT2D eigenvalue weighted by molar-refractivity contribution is 7.99. The fourth-order valence-electron chi connectivity index (χ4n) is 2.96. The lowest BCUT2D eigenvalue weighted by Gasteiger charge is -2.15. The number of nitrogens with zero attached hydrogens (tertiary/aromatic N) is 1. The molecule has 2 aromatic rings. The number of nitrogens with two attached hydrogens (primary N) is 1. The highest BCUT2D eigenvalue weighted by Gasteiger charge is 2.30. The Hall–Kier alpha value is -2.29. The first kappa shape index (κ1) is 20.4. The van der Waals surface area contributed by atoms with E-state index < -0.39 is 11.9 Å². The number of nitrogens with one attached hydrogen (secondary N) is 2. The maximum atomic E-state index is 12.9. The molecule has 9 heteroatoms. The maximum absolute atomic E-state index is 12.9. The Morgan fingerprint density at radius 2 is 2.00 bits per heavy atom. The second-order valence-corrected chi connectivity index (χ2v) is 7.98. The van der Waals surface area contributed by atoms with Gasteiger partial charge in [0.1, 0.15) is 0 Å². The molecular weight excluding hydrogens is 400 g/mol. The number of thioether (sulfide) groups is 1. The Balaban J connectivity index is 1.93. The summed E-state index contributed by atoms with van der Waals surface area (Å²) in [5, 5.41) is 0.603. The number of pyridine rings is 1. The van der Waals surface area contributed by atoms with E-state index in [2.05, 4.69) is 10.9 Å². The summed E-state index contributed by atoms with van der Waals surface area (Å²) in [6, 6.07) is 6.69. The molecule has 3 rings (SSSR count). The highest BCUT2D eigenvalue weighted by atomic mass is 35.5. The second-order valence-electron chi connectivity index (χ2n) is 6.51. The van der Waals surface area contributed by atoms with Crippen molar-refractivity contribution >= 4 is 35.2 Å². The lowest BCUT2D eigenvalue weighted by Crippen LogP contribution is -2.42. The van der Waals surface area contributed by atoms with Crippen LogP contribution < -0.4 is 22.1 Å². The molecule has 0 saturated heterocycles. The van der Waals surface area contributed by atoms with Crippen molar-refractivity contribution in [2.45, 2.75) is 37.2 Å². The normalized spacial score (nSPS) is 15.2. The molecule has 0 radical (unpaired) electrons. The highest BCUT2D eigenvalue weighted by Crippen LogP contribution is 2.37. The van der Waals surface area contributed by atoms with Crippen LogP contribution in [0.5, 0.6) is 0 Å². The molecule has 0 saturated carbocycles. The minimum atomic E-state index is -0.479. The molecule has 1 aliphatic rings. The van der Waals surface area contributed by atoms with Gasteiger partial charge in [0, 0.05) is 39.9 Å². The summed E-state index contributed by atoms with van der Waals surface area (Å²) < 4.78 is 1.47. The van der Waals surface area contributed by atoms with Gasteiger partial charge in [0.15, 0.2) is 0 Å². The van der Waals surface area contributed by atoms with Gasteiger partial charge in [-0.05, 0) is 24.1 Å². The number of benzene rings is 1. The number of hydrogen-bond acceptors (Lipinski definition) is 5. The van der Waals surface area contributed by atoms with E-state index in [0.717, 1.165) is 5.56 Å².